The summed E-state index contributed by atoms with van der Waals surface area (Å²) in [5.74, 6) is 1.10. The van der Waals surface area contributed by atoms with Crippen LogP contribution in [-0.2, 0) is 6.42 Å². The van der Waals surface area contributed by atoms with Crippen LogP contribution in [0.4, 0.5) is 0 Å². The second-order valence-corrected chi connectivity index (χ2v) is 4.48. The van der Waals surface area contributed by atoms with E-state index >= 15 is 0 Å². The van der Waals surface area contributed by atoms with Gasteiger partial charge < -0.3 is 4.42 Å². The van der Waals surface area contributed by atoms with Crippen molar-refractivity contribution >= 4 is 23.6 Å². The van der Waals surface area contributed by atoms with Crippen LogP contribution < -0.4 is 0 Å². The number of aromatic nitrogens is 2. The Morgan fingerprint density at radius 1 is 1.71 bits per heavy atom. The van der Waals surface area contributed by atoms with E-state index in [0.717, 1.165) is 6.42 Å². The lowest BCUT2D eigenvalue weighted by Gasteiger charge is -2.04. The predicted octanol–water partition coefficient (Wildman–Crippen LogP) is 3.14. The number of nitrogens with one attached hydrogen (secondary N) is 1. The molecule has 0 saturated carbocycles. The Labute approximate surface area is 90.8 Å². The van der Waals surface area contributed by atoms with Crippen molar-refractivity contribution in [1.82, 2.24) is 10.2 Å². The van der Waals surface area contributed by atoms with Gasteiger partial charge in [0.1, 0.15) is 0 Å². The van der Waals surface area contributed by atoms with Gasteiger partial charge in [0.15, 0.2) is 0 Å². The van der Waals surface area contributed by atoms with Crippen LogP contribution in [0.1, 0.15) is 23.6 Å². The molecule has 5 heteroatoms. The number of hydrogen-bond donors (Lipinski definition) is 1. The Morgan fingerprint density at radius 2 is 2.57 bits per heavy atom. The minimum absolute atomic E-state index is 0.346. The van der Waals surface area contributed by atoms with E-state index in [1.54, 1.807) is 11.3 Å². The SMILES string of the molecule is CC(Cc1n[nH]c(=S)o1)c1cccs1. The molecule has 0 saturated heterocycles. The first kappa shape index (κ1) is 9.61. The molecule has 1 N–H and O–H groups in total. The summed E-state index contributed by atoms with van der Waals surface area (Å²) in [6, 6.07) is 4.17. The van der Waals surface area contributed by atoms with Crippen molar-refractivity contribution in [3.05, 3.63) is 33.1 Å². The van der Waals surface area contributed by atoms with Gasteiger partial charge in [-0.3, -0.25) is 0 Å². The van der Waals surface area contributed by atoms with Gasteiger partial charge in [0.25, 0.3) is 4.84 Å². The van der Waals surface area contributed by atoms with Crippen molar-refractivity contribution in [2.45, 2.75) is 19.3 Å². The fourth-order valence-electron chi connectivity index (χ4n) is 1.28. The number of nitrogens with zero attached hydrogens (tertiary/aromatic N) is 1. The summed E-state index contributed by atoms with van der Waals surface area (Å²) in [5.41, 5.74) is 0. The summed E-state index contributed by atoms with van der Waals surface area (Å²) < 4.78 is 5.20. The molecule has 2 heterocycles. The molecule has 1 unspecified atom stereocenters. The van der Waals surface area contributed by atoms with E-state index in [1.165, 1.54) is 4.88 Å². The molecule has 0 amide bonds. The molecule has 1 atom stereocenters. The molecular formula is C9H10N2OS2. The first-order valence-corrected chi connectivity index (χ1v) is 5.62. The smallest absolute Gasteiger partial charge is 0.284 e. The lowest BCUT2D eigenvalue weighted by Crippen LogP contribution is -1.96. The number of rotatable bonds is 3. The molecule has 0 aliphatic carbocycles. The molecule has 2 aromatic heterocycles. The lowest BCUT2D eigenvalue weighted by molar-refractivity contribution is 0.467. The third-order valence-electron chi connectivity index (χ3n) is 1.99. The zero-order valence-corrected chi connectivity index (χ0v) is 9.32. The Bertz CT molecular complexity index is 443. The van der Waals surface area contributed by atoms with Gasteiger partial charge in [-0.2, -0.15) is 0 Å². The van der Waals surface area contributed by atoms with Crippen molar-refractivity contribution in [3.8, 4) is 0 Å². The third kappa shape index (κ3) is 2.10. The third-order valence-corrected chi connectivity index (χ3v) is 3.27. The fourth-order valence-corrected chi connectivity index (χ4v) is 2.21. The minimum atomic E-state index is 0.346. The van der Waals surface area contributed by atoms with Crippen LogP contribution >= 0.6 is 23.6 Å². The highest BCUT2D eigenvalue weighted by Gasteiger charge is 2.10. The standard InChI is InChI=1S/C9H10N2OS2/c1-6(7-3-2-4-14-7)5-8-10-11-9(13)12-8/h2-4,6H,5H2,1H3,(H,11,13). The molecule has 2 aromatic rings. The van der Waals surface area contributed by atoms with E-state index in [-0.39, 0.29) is 0 Å². The number of H-pyrrole nitrogens is 1. The van der Waals surface area contributed by atoms with Crippen LogP contribution in [0.2, 0.25) is 0 Å². The van der Waals surface area contributed by atoms with Gasteiger partial charge in [-0.1, -0.05) is 13.0 Å². The minimum Gasteiger partial charge on any atom is -0.414 e. The molecule has 0 fully saturated rings. The molecule has 0 radical (unpaired) electrons. The molecule has 0 aliphatic rings. The molecule has 0 aliphatic heterocycles. The predicted molar refractivity (Wildman–Crippen MR) is 58.1 cm³/mol. The molecule has 74 valence electrons. The maximum absolute atomic E-state index is 5.20. The Hall–Kier alpha value is -0.940. The Balaban J connectivity index is 2.08. The number of aromatic amines is 1. The van der Waals surface area contributed by atoms with E-state index < -0.39 is 0 Å². The monoisotopic (exact) mass is 226 g/mol. The average Bonchev–Trinajstić information content (AvgIpc) is 2.75. The van der Waals surface area contributed by atoms with Crippen LogP contribution in [0.15, 0.2) is 21.9 Å². The topological polar surface area (TPSA) is 41.8 Å². The van der Waals surface area contributed by atoms with Crippen LogP contribution in [0.25, 0.3) is 0 Å². The van der Waals surface area contributed by atoms with E-state index in [1.807, 2.05) is 0 Å². The summed E-state index contributed by atoms with van der Waals surface area (Å²) in [6.07, 6.45) is 0.785. The highest BCUT2D eigenvalue weighted by Crippen LogP contribution is 2.23. The first-order chi connectivity index (χ1) is 6.75. The Morgan fingerprint density at radius 3 is 3.14 bits per heavy atom. The zero-order chi connectivity index (χ0) is 9.97. The van der Waals surface area contributed by atoms with E-state index in [9.17, 15) is 0 Å². The molecule has 0 bridgehead atoms. The molecule has 0 aromatic carbocycles. The average molecular weight is 226 g/mol. The van der Waals surface area contributed by atoms with Crippen LogP contribution in [-0.4, -0.2) is 10.2 Å². The summed E-state index contributed by atoms with van der Waals surface area (Å²) >= 11 is 6.56. The normalized spacial score (nSPS) is 12.9. The number of hydrogen-bond acceptors (Lipinski definition) is 4. The summed E-state index contributed by atoms with van der Waals surface area (Å²) in [5, 5.41) is 8.67. The van der Waals surface area contributed by atoms with Crippen molar-refractivity contribution < 1.29 is 4.42 Å². The van der Waals surface area contributed by atoms with Gasteiger partial charge in [-0.25, -0.2) is 5.10 Å². The van der Waals surface area contributed by atoms with E-state index in [4.69, 9.17) is 16.6 Å². The molecule has 2 rings (SSSR count). The van der Waals surface area contributed by atoms with Gasteiger partial charge >= 0.3 is 0 Å². The highest BCUT2D eigenvalue weighted by atomic mass is 32.1. The molecular weight excluding hydrogens is 216 g/mol. The van der Waals surface area contributed by atoms with E-state index in [2.05, 4.69) is 34.6 Å². The van der Waals surface area contributed by atoms with Crippen molar-refractivity contribution in [3.63, 3.8) is 0 Å². The maximum Gasteiger partial charge on any atom is 0.284 e. The van der Waals surface area contributed by atoms with Crippen LogP contribution in [0.3, 0.4) is 0 Å². The quantitative estimate of drug-likeness (QED) is 0.817. The largest absolute Gasteiger partial charge is 0.414 e. The summed E-state index contributed by atoms with van der Waals surface area (Å²) in [6.45, 7) is 2.15. The zero-order valence-electron chi connectivity index (χ0n) is 7.69. The molecule has 0 spiro atoms. The highest BCUT2D eigenvalue weighted by molar-refractivity contribution is 7.71. The van der Waals surface area contributed by atoms with Crippen LogP contribution in [0, 0.1) is 4.84 Å². The van der Waals surface area contributed by atoms with Crippen molar-refractivity contribution in [1.29, 1.82) is 0 Å². The van der Waals surface area contributed by atoms with Crippen molar-refractivity contribution in [2.75, 3.05) is 0 Å². The molecule has 14 heavy (non-hydrogen) atoms. The van der Waals surface area contributed by atoms with Gasteiger partial charge in [0.2, 0.25) is 5.89 Å². The van der Waals surface area contributed by atoms with Gasteiger partial charge in [-0.15, -0.1) is 16.4 Å². The van der Waals surface area contributed by atoms with E-state index in [0.29, 0.717) is 16.6 Å². The summed E-state index contributed by atoms with van der Waals surface area (Å²) in [4.78, 5) is 1.69. The number of thiophene rings is 1. The van der Waals surface area contributed by atoms with Gasteiger partial charge in [-0.05, 0) is 29.6 Å². The second-order valence-electron chi connectivity index (χ2n) is 3.13. The maximum atomic E-state index is 5.20. The van der Waals surface area contributed by atoms with Gasteiger partial charge in [0, 0.05) is 11.3 Å². The molecule has 3 nitrogen and oxygen atoms in total. The Kier molecular flexibility index (Phi) is 2.79. The lowest BCUT2D eigenvalue weighted by atomic mass is 10.1. The summed E-state index contributed by atoms with van der Waals surface area (Å²) in [7, 11) is 0. The van der Waals surface area contributed by atoms with Crippen molar-refractivity contribution in [2.24, 2.45) is 0 Å². The van der Waals surface area contributed by atoms with Crippen LogP contribution in [0.5, 0.6) is 0 Å². The van der Waals surface area contributed by atoms with Gasteiger partial charge in [0.05, 0.1) is 0 Å². The fraction of sp³-hybridized carbons (Fsp3) is 0.333. The second kappa shape index (κ2) is 4.06. The first-order valence-electron chi connectivity index (χ1n) is 4.33.